The Kier molecular flexibility index (Phi) is 11.6. The van der Waals surface area contributed by atoms with Gasteiger partial charge in [0.25, 0.3) is 5.91 Å². The van der Waals surface area contributed by atoms with Crippen LogP contribution in [0.5, 0.6) is 11.6 Å². The molecule has 1 saturated carbocycles. The van der Waals surface area contributed by atoms with Crippen molar-refractivity contribution in [3.05, 3.63) is 77.2 Å². The number of ether oxygens (including phenoxy) is 2. The van der Waals surface area contributed by atoms with Crippen LogP contribution in [0, 0.1) is 5.82 Å². The number of carbonyl (C=O) groups excluding carboxylic acids is 1. The molecule has 3 heterocycles. The average molecular weight is 689 g/mol. The van der Waals surface area contributed by atoms with E-state index in [-0.39, 0.29) is 23.5 Å². The second-order valence-electron chi connectivity index (χ2n) is 14.2. The Balaban J connectivity index is 1.21. The van der Waals surface area contributed by atoms with Gasteiger partial charge in [0.1, 0.15) is 17.1 Å². The van der Waals surface area contributed by atoms with Crippen molar-refractivity contribution in [2.24, 2.45) is 0 Å². The highest BCUT2D eigenvalue weighted by Crippen LogP contribution is 2.32. The molecule has 11 nitrogen and oxygen atoms in total. The van der Waals surface area contributed by atoms with Gasteiger partial charge in [-0.2, -0.15) is 0 Å². The van der Waals surface area contributed by atoms with E-state index in [1.165, 1.54) is 11.1 Å². The second kappa shape index (κ2) is 16.3. The molecule has 0 unspecified atom stereocenters. The summed E-state index contributed by atoms with van der Waals surface area (Å²) < 4.78 is 26.3. The molecular weight excluding hydrogens is 639 g/mol. The Bertz CT molecular complexity index is 1640. The standard InChI is InChI=1S/C38H49FN6O5/c1-24-19-44(20-25(2)41-24)21-27-7-12-34(29(15-27)22-45-13-14-49-23-26(45)3)28-5-4-6-33(16-28)50-37-35(17-30(39)18-40-37)36(46)42-31-8-10-32(11-9-31)43-38(47)48/h4-7,12,15-18,24-26,31-32,41,43H,8-11,13-14,19-23H2,1-3H3,(H,42,46)(H,47,48)/t24-,25+,26-,31?,32?/m0/s1. The van der Waals surface area contributed by atoms with Crippen molar-refractivity contribution in [1.82, 2.24) is 30.7 Å². The Morgan fingerprint density at radius 2 is 1.74 bits per heavy atom. The molecule has 50 heavy (non-hydrogen) atoms. The van der Waals surface area contributed by atoms with Gasteiger partial charge in [0.05, 0.1) is 19.4 Å². The van der Waals surface area contributed by atoms with Gasteiger partial charge in [-0.15, -0.1) is 0 Å². The minimum absolute atomic E-state index is 0.00378. The van der Waals surface area contributed by atoms with Crippen molar-refractivity contribution in [2.45, 2.75) is 89.8 Å². The summed E-state index contributed by atoms with van der Waals surface area (Å²) in [6.07, 6.45) is 2.42. The molecule has 3 atom stereocenters. The minimum Gasteiger partial charge on any atom is -0.465 e. The summed E-state index contributed by atoms with van der Waals surface area (Å²) in [4.78, 5) is 33.5. The molecule has 0 spiro atoms. The molecule has 12 heteroatoms. The molecule has 1 aliphatic carbocycles. The molecule has 3 fully saturated rings. The number of morpholine rings is 1. The number of piperazine rings is 1. The van der Waals surface area contributed by atoms with Gasteiger partial charge in [-0.25, -0.2) is 14.2 Å². The Morgan fingerprint density at radius 3 is 2.46 bits per heavy atom. The maximum absolute atomic E-state index is 14.4. The zero-order chi connectivity index (χ0) is 35.2. The molecule has 3 aromatic rings. The number of halogens is 1. The summed E-state index contributed by atoms with van der Waals surface area (Å²) in [6, 6.07) is 16.5. The largest absolute Gasteiger partial charge is 0.465 e. The Hall–Kier alpha value is -4.10. The number of nitrogens with one attached hydrogen (secondary N) is 3. The van der Waals surface area contributed by atoms with E-state index in [9.17, 15) is 14.0 Å². The number of aromatic nitrogens is 1. The van der Waals surface area contributed by atoms with Crippen LogP contribution in [0.2, 0.25) is 0 Å². The summed E-state index contributed by atoms with van der Waals surface area (Å²) in [5.41, 5.74) is 4.56. The first-order valence-electron chi connectivity index (χ1n) is 17.8. The lowest BCUT2D eigenvalue weighted by atomic mass is 9.91. The zero-order valence-electron chi connectivity index (χ0n) is 29.2. The van der Waals surface area contributed by atoms with Gasteiger partial charge in [0, 0.05) is 62.9 Å². The first-order valence-corrected chi connectivity index (χ1v) is 17.8. The molecule has 0 radical (unpaired) electrons. The highest BCUT2D eigenvalue weighted by atomic mass is 19.1. The molecule has 3 aliphatic rings. The van der Waals surface area contributed by atoms with Gasteiger partial charge in [-0.05, 0) is 86.9 Å². The quantitative estimate of drug-likeness (QED) is 0.222. The van der Waals surface area contributed by atoms with E-state index in [0.29, 0.717) is 62.8 Å². The van der Waals surface area contributed by atoms with Gasteiger partial charge in [0.15, 0.2) is 0 Å². The molecule has 1 aromatic heterocycles. The number of benzene rings is 2. The van der Waals surface area contributed by atoms with Crippen LogP contribution < -0.4 is 20.7 Å². The highest BCUT2D eigenvalue weighted by molar-refractivity contribution is 5.96. The average Bonchev–Trinajstić information content (AvgIpc) is 3.07. The molecule has 2 aromatic carbocycles. The van der Waals surface area contributed by atoms with Crippen LogP contribution in [-0.4, -0.2) is 94.9 Å². The van der Waals surface area contributed by atoms with Gasteiger partial charge < -0.3 is 30.5 Å². The fraction of sp³-hybridized carbons (Fsp3) is 0.500. The molecule has 4 N–H and O–H groups in total. The predicted octanol–water partition coefficient (Wildman–Crippen LogP) is 5.39. The normalized spacial score (nSPS) is 24.8. The van der Waals surface area contributed by atoms with E-state index in [2.05, 4.69) is 75.8 Å². The summed E-state index contributed by atoms with van der Waals surface area (Å²) in [5, 5.41) is 18.1. The van der Waals surface area contributed by atoms with Crippen molar-refractivity contribution in [3.63, 3.8) is 0 Å². The van der Waals surface area contributed by atoms with Crippen LogP contribution in [0.25, 0.3) is 11.1 Å². The SMILES string of the molecule is C[C@@H]1CN(Cc2ccc(-c3cccc(Oc4ncc(F)cc4C(=O)NC4CCC(NC(=O)O)CC4)c3)c(CN3CCOC[C@@H]3C)c2)C[C@H](C)N1. The molecule has 2 amide bonds. The Morgan fingerprint density at radius 1 is 1.00 bits per heavy atom. The zero-order valence-corrected chi connectivity index (χ0v) is 29.2. The lowest BCUT2D eigenvalue weighted by Crippen LogP contribution is -2.53. The highest BCUT2D eigenvalue weighted by Gasteiger charge is 2.27. The van der Waals surface area contributed by atoms with Crippen molar-refractivity contribution < 1.29 is 28.6 Å². The molecule has 2 aliphatic heterocycles. The maximum Gasteiger partial charge on any atom is 0.404 e. The lowest BCUT2D eigenvalue weighted by molar-refractivity contribution is -0.00431. The van der Waals surface area contributed by atoms with E-state index < -0.39 is 17.8 Å². The van der Waals surface area contributed by atoms with Gasteiger partial charge >= 0.3 is 6.09 Å². The molecular formula is C38H49FN6O5. The third-order valence-electron chi connectivity index (χ3n) is 9.90. The van der Waals surface area contributed by atoms with Gasteiger partial charge in [0.2, 0.25) is 5.88 Å². The van der Waals surface area contributed by atoms with E-state index >= 15 is 0 Å². The monoisotopic (exact) mass is 688 g/mol. The number of carbonyl (C=O) groups is 2. The number of nitrogens with zero attached hydrogens (tertiary/aromatic N) is 3. The van der Waals surface area contributed by atoms with Crippen LogP contribution in [-0.2, 0) is 17.8 Å². The fourth-order valence-electron chi connectivity index (χ4n) is 7.53. The second-order valence-corrected chi connectivity index (χ2v) is 14.2. The summed E-state index contributed by atoms with van der Waals surface area (Å²) in [6.45, 7) is 12.6. The number of pyridine rings is 1. The summed E-state index contributed by atoms with van der Waals surface area (Å²) >= 11 is 0. The number of rotatable bonds is 10. The smallest absolute Gasteiger partial charge is 0.404 e. The van der Waals surface area contributed by atoms with E-state index in [1.807, 2.05) is 12.1 Å². The molecule has 0 bridgehead atoms. The fourth-order valence-corrected chi connectivity index (χ4v) is 7.53. The van der Waals surface area contributed by atoms with Crippen LogP contribution in [0.15, 0.2) is 54.7 Å². The number of amides is 2. The lowest BCUT2D eigenvalue weighted by Gasteiger charge is -2.36. The first-order chi connectivity index (χ1) is 24.1. The van der Waals surface area contributed by atoms with Crippen LogP contribution in [0.3, 0.4) is 0 Å². The van der Waals surface area contributed by atoms with Crippen LogP contribution in [0.1, 0.15) is 67.9 Å². The Labute approximate surface area is 293 Å². The number of hydrogen-bond acceptors (Lipinski definition) is 8. The molecule has 268 valence electrons. The van der Waals surface area contributed by atoms with Crippen LogP contribution in [0.4, 0.5) is 9.18 Å². The number of carboxylic acid groups (broad SMARTS) is 1. The topological polar surface area (TPSA) is 128 Å². The molecule has 6 rings (SSSR count). The third kappa shape index (κ3) is 9.36. The minimum atomic E-state index is -1.05. The van der Waals surface area contributed by atoms with Crippen molar-refractivity contribution in [2.75, 3.05) is 32.8 Å². The van der Waals surface area contributed by atoms with Crippen LogP contribution >= 0.6 is 0 Å². The van der Waals surface area contributed by atoms with Crippen molar-refractivity contribution in [1.29, 1.82) is 0 Å². The van der Waals surface area contributed by atoms with Crippen molar-refractivity contribution >= 4 is 12.0 Å². The van der Waals surface area contributed by atoms with E-state index in [0.717, 1.165) is 56.1 Å². The van der Waals surface area contributed by atoms with E-state index in [4.69, 9.17) is 14.6 Å². The van der Waals surface area contributed by atoms with Gasteiger partial charge in [-0.1, -0.05) is 30.3 Å². The maximum atomic E-state index is 14.4. The predicted molar refractivity (Wildman–Crippen MR) is 189 cm³/mol. The number of hydrogen-bond donors (Lipinski definition) is 4. The third-order valence-corrected chi connectivity index (χ3v) is 9.90. The summed E-state index contributed by atoms with van der Waals surface area (Å²) in [5.74, 6) is -0.630. The molecule has 2 saturated heterocycles. The first kappa shape index (κ1) is 35.7. The van der Waals surface area contributed by atoms with E-state index in [1.54, 1.807) is 6.07 Å². The summed E-state index contributed by atoms with van der Waals surface area (Å²) in [7, 11) is 0. The van der Waals surface area contributed by atoms with Crippen molar-refractivity contribution in [3.8, 4) is 22.8 Å². The van der Waals surface area contributed by atoms with Gasteiger partial charge in [-0.3, -0.25) is 14.6 Å².